The van der Waals surface area contributed by atoms with Crippen LogP contribution in [0.4, 0.5) is 0 Å². The minimum atomic E-state index is -3.55. The van der Waals surface area contributed by atoms with Gasteiger partial charge < -0.3 is 15.0 Å². The summed E-state index contributed by atoms with van der Waals surface area (Å²) >= 11 is 1.31. The van der Waals surface area contributed by atoms with E-state index in [4.69, 9.17) is 15.0 Å². The van der Waals surface area contributed by atoms with Crippen LogP contribution in [0.1, 0.15) is 36.0 Å². The number of hydrogen-bond acceptors (Lipinski definition) is 6. The van der Waals surface area contributed by atoms with Gasteiger partial charge in [0.2, 0.25) is 0 Å². The third-order valence-electron chi connectivity index (χ3n) is 4.51. The van der Waals surface area contributed by atoms with Gasteiger partial charge in [-0.05, 0) is 54.1 Å². The molecular formula is C23H27N2O5PS. The summed E-state index contributed by atoms with van der Waals surface area (Å²) in [6.07, 6.45) is 0.0430. The summed E-state index contributed by atoms with van der Waals surface area (Å²) in [6.45, 7) is 5.77. The number of carbonyl (C=O) groups is 2. The highest BCUT2D eigenvalue weighted by molar-refractivity contribution is 7.56. The molecule has 0 radical (unpaired) electrons. The fourth-order valence-electron chi connectivity index (χ4n) is 3.03. The molecule has 32 heavy (non-hydrogen) atoms. The quantitative estimate of drug-likeness (QED) is 0.318. The number of rotatable bonds is 10. The molecule has 0 saturated heterocycles. The zero-order chi connectivity index (χ0) is 23.3. The Bertz CT molecular complexity index is 1150. The number of amides is 1. The lowest BCUT2D eigenvalue weighted by molar-refractivity contribution is -0.146. The summed E-state index contributed by atoms with van der Waals surface area (Å²) in [5.41, 5.74) is 6.12. The Morgan fingerprint density at radius 2 is 1.81 bits per heavy atom. The largest absolute Gasteiger partial charge is 0.464 e. The second kappa shape index (κ2) is 10.3. The van der Waals surface area contributed by atoms with Gasteiger partial charge >= 0.3 is 13.5 Å². The van der Waals surface area contributed by atoms with Crippen molar-refractivity contribution < 1.29 is 23.4 Å². The Hall–Kier alpha value is -2.67. The van der Waals surface area contributed by atoms with Crippen molar-refractivity contribution >= 4 is 40.8 Å². The monoisotopic (exact) mass is 474 g/mol. The van der Waals surface area contributed by atoms with E-state index >= 15 is 0 Å². The molecule has 3 aromatic rings. The van der Waals surface area contributed by atoms with Gasteiger partial charge in [-0.2, -0.15) is 0 Å². The molecule has 0 saturated carbocycles. The fourth-order valence-corrected chi connectivity index (χ4v) is 5.97. The first-order chi connectivity index (χ1) is 15.1. The molecule has 0 aliphatic heterocycles. The average molecular weight is 475 g/mol. The van der Waals surface area contributed by atoms with Crippen LogP contribution in [0.2, 0.25) is 0 Å². The summed E-state index contributed by atoms with van der Waals surface area (Å²) in [5, 5.41) is 3.70. The molecule has 9 heteroatoms. The molecule has 3 rings (SSSR count). The molecule has 1 amide bonds. The number of nitrogens with one attached hydrogen (secondary N) is 1. The van der Waals surface area contributed by atoms with Crippen molar-refractivity contribution in [3.05, 3.63) is 65.0 Å². The van der Waals surface area contributed by atoms with Crippen molar-refractivity contribution in [3.8, 4) is 5.75 Å². The molecule has 3 N–H and O–H groups in total. The molecular weight excluding hydrogens is 447 g/mol. The van der Waals surface area contributed by atoms with Gasteiger partial charge in [-0.1, -0.05) is 38.1 Å². The highest BCUT2D eigenvalue weighted by atomic mass is 32.1. The van der Waals surface area contributed by atoms with E-state index < -0.39 is 25.4 Å². The highest BCUT2D eigenvalue weighted by Gasteiger charge is 2.31. The lowest BCUT2D eigenvalue weighted by Crippen LogP contribution is -2.35. The predicted octanol–water partition coefficient (Wildman–Crippen LogP) is 4.95. The standard InChI is InChI=1S/C23H27N2O5PS/c1-15(2)13-29-23(27)16(3)25-31(28,30-19-7-5-4-6-8-19)14-17-9-10-20-18(11-17)12-21(32-20)22(24)26/h4-12,15-16H,13-14H2,1-3H3,(H2,24,26)(H,25,28). The first-order valence-electron chi connectivity index (χ1n) is 10.3. The van der Waals surface area contributed by atoms with E-state index in [9.17, 15) is 14.2 Å². The van der Waals surface area contributed by atoms with E-state index in [1.165, 1.54) is 11.3 Å². The molecule has 0 aliphatic carbocycles. The van der Waals surface area contributed by atoms with E-state index in [1.807, 2.05) is 38.1 Å². The summed E-state index contributed by atoms with van der Waals surface area (Å²) in [6, 6.07) is 15.2. The molecule has 1 heterocycles. The molecule has 170 valence electrons. The lowest BCUT2D eigenvalue weighted by Gasteiger charge is -2.24. The number of esters is 1. The third-order valence-corrected chi connectivity index (χ3v) is 7.71. The van der Waals surface area contributed by atoms with E-state index in [0.29, 0.717) is 10.6 Å². The molecule has 0 bridgehead atoms. The first kappa shape index (κ1) is 24.0. The minimum absolute atomic E-state index is 0.0430. The number of para-hydroxylation sites is 1. The van der Waals surface area contributed by atoms with Gasteiger partial charge in [0.15, 0.2) is 0 Å². The van der Waals surface area contributed by atoms with Crippen LogP contribution in [0.15, 0.2) is 54.6 Å². The highest BCUT2D eigenvalue weighted by Crippen LogP contribution is 2.47. The van der Waals surface area contributed by atoms with Crippen molar-refractivity contribution in [1.82, 2.24) is 5.09 Å². The molecule has 0 fully saturated rings. The number of hydrogen-bond donors (Lipinski definition) is 2. The zero-order valence-corrected chi connectivity index (χ0v) is 20.0. The number of fused-ring (bicyclic) bond motifs is 1. The summed E-state index contributed by atoms with van der Waals surface area (Å²) in [7, 11) is -3.55. The van der Waals surface area contributed by atoms with Gasteiger partial charge in [-0.25, -0.2) is 5.09 Å². The van der Waals surface area contributed by atoms with Crippen molar-refractivity contribution in [2.75, 3.05) is 6.61 Å². The van der Waals surface area contributed by atoms with Gasteiger partial charge in [0.05, 0.1) is 17.6 Å². The SMILES string of the molecule is CC(C)COC(=O)C(C)NP(=O)(Cc1ccc2sc(C(N)=O)cc2c1)Oc1ccccc1. The number of thiophene rings is 1. The zero-order valence-electron chi connectivity index (χ0n) is 18.2. The maximum atomic E-state index is 13.8. The van der Waals surface area contributed by atoms with Crippen molar-refractivity contribution in [2.45, 2.75) is 33.0 Å². The Balaban J connectivity index is 1.85. The molecule has 1 aromatic heterocycles. The van der Waals surface area contributed by atoms with Crippen LogP contribution in [0.5, 0.6) is 5.75 Å². The maximum Gasteiger partial charge on any atom is 0.323 e. The number of nitrogens with two attached hydrogens (primary N) is 1. The van der Waals surface area contributed by atoms with Gasteiger partial charge in [0.25, 0.3) is 5.91 Å². The Morgan fingerprint density at radius 1 is 1.09 bits per heavy atom. The van der Waals surface area contributed by atoms with Gasteiger partial charge in [0.1, 0.15) is 11.8 Å². The van der Waals surface area contributed by atoms with Crippen LogP contribution >= 0.6 is 18.9 Å². The lowest BCUT2D eigenvalue weighted by atomic mass is 10.2. The van der Waals surface area contributed by atoms with E-state index in [0.717, 1.165) is 15.6 Å². The van der Waals surface area contributed by atoms with Crippen LogP contribution in [0.25, 0.3) is 10.1 Å². The Kier molecular flexibility index (Phi) is 7.72. The van der Waals surface area contributed by atoms with Gasteiger partial charge in [-0.15, -0.1) is 11.3 Å². The van der Waals surface area contributed by atoms with Crippen LogP contribution in [0, 0.1) is 5.92 Å². The van der Waals surface area contributed by atoms with Crippen molar-refractivity contribution in [1.29, 1.82) is 0 Å². The second-order valence-electron chi connectivity index (χ2n) is 7.96. The molecule has 0 spiro atoms. The maximum absolute atomic E-state index is 13.8. The normalized spacial score (nSPS) is 14.1. The van der Waals surface area contributed by atoms with Gasteiger partial charge in [-0.3, -0.25) is 14.2 Å². The van der Waals surface area contributed by atoms with Crippen LogP contribution in [-0.2, 0) is 20.3 Å². The third kappa shape index (κ3) is 6.42. The molecule has 2 atom stereocenters. The minimum Gasteiger partial charge on any atom is -0.464 e. The Labute approximate surface area is 191 Å². The van der Waals surface area contributed by atoms with E-state index in [1.54, 1.807) is 37.3 Å². The van der Waals surface area contributed by atoms with Crippen molar-refractivity contribution in [3.63, 3.8) is 0 Å². The van der Waals surface area contributed by atoms with Gasteiger partial charge in [0, 0.05) is 4.70 Å². The summed E-state index contributed by atoms with van der Waals surface area (Å²) in [4.78, 5) is 24.3. The first-order valence-corrected chi connectivity index (χ1v) is 12.9. The number of ether oxygens (including phenoxy) is 1. The van der Waals surface area contributed by atoms with Crippen molar-refractivity contribution in [2.24, 2.45) is 11.7 Å². The molecule has 7 nitrogen and oxygen atoms in total. The number of carbonyl (C=O) groups excluding carboxylic acids is 2. The topological polar surface area (TPSA) is 108 Å². The molecule has 2 unspecified atom stereocenters. The van der Waals surface area contributed by atoms with Crippen LogP contribution in [-0.4, -0.2) is 24.5 Å². The molecule has 0 aliphatic rings. The van der Waals surface area contributed by atoms with E-state index in [2.05, 4.69) is 5.09 Å². The molecule has 2 aromatic carbocycles. The Morgan fingerprint density at radius 3 is 2.47 bits per heavy atom. The van der Waals surface area contributed by atoms with Crippen LogP contribution in [0.3, 0.4) is 0 Å². The number of benzene rings is 2. The smallest absolute Gasteiger partial charge is 0.323 e. The second-order valence-corrected chi connectivity index (χ2v) is 11.1. The average Bonchev–Trinajstić information content (AvgIpc) is 3.16. The summed E-state index contributed by atoms with van der Waals surface area (Å²) in [5.74, 6) is -0.351. The predicted molar refractivity (Wildman–Crippen MR) is 127 cm³/mol. The number of primary amides is 1. The summed E-state index contributed by atoms with van der Waals surface area (Å²) < 4.78 is 25.9. The fraction of sp³-hybridized carbons (Fsp3) is 0.304. The van der Waals surface area contributed by atoms with E-state index in [-0.39, 0.29) is 18.7 Å². The van der Waals surface area contributed by atoms with Crippen LogP contribution < -0.4 is 15.3 Å².